The van der Waals surface area contributed by atoms with Gasteiger partial charge >= 0.3 is 0 Å². The Morgan fingerprint density at radius 2 is 1.76 bits per heavy atom. The number of aromatic nitrogens is 4. The van der Waals surface area contributed by atoms with Gasteiger partial charge in [-0.2, -0.15) is 4.52 Å². The topological polar surface area (TPSA) is 75.4 Å². The zero-order valence-electron chi connectivity index (χ0n) is 18.6. The molecule has 0 atom stereocenters. The fraction of sp³-hybridized carbons (Fsp3) is 0.280. The van der Waals surface area contributed by atoms with Crippen LogP contribution < -0.4 is 10.2 Å². The molecule has 0 spiro atoms. The van der Waals surface area contributed by atoms with Crippen LogP contribution in [0.5, 0.6) is 0 Å². The first-order chi connectivity index (χ1) is 16.0. The van der Waals surface area contributed by atoms with Gasteiger partial charge in [-0.3, -0.25) is 4.79 Å². The Hall–Kier alpha value is -3.45. The van der Waals surface area contributed by atoms with E-state index in [0.717, 1.165) is 48.6 Å². The standard InChI is InChI=1S/C25H25ClN6O/c1-16-3-8-21(17(2)15-16)27-25(33)19-11-13-31(14-12-19)23-10-9-22-28-29-24(32(22)30-23)18-4-6-20(26)7-5-18/h3-10,15,19H,11-14H2,1-2H3,(H,27,33). The maximum atomic E-state index is 12.8. The number of anilines is 2. The molecule has 0 saturated carbocycles. The second-order valence-electron chi connectivity index (χ2n) is 8.56. The average Bonchev–Trinajstić information content (AvgIpc) is 3.25. The van der Waals surface area contributed by atoms with Gasteiger partial charge in [-0.25, -0.2) is 0 Å². The molecule has 168 valence electrons. The minimum atomic E-state index is -0.00905. The van der Waals surface area contributed by atoms with Crippen molar-refractivity contribution in [3.63, 3.8) is 0 Å². The Morgan fingerprint density at radius 1 is 1.00 bits per heavy atom. The molecule has 1 aliphatic heterocycles. The summed E-state index contributed by atoms with van der Waals surface area (Å²) in [7, 11) is 0. The number of rotatable bonds is 4. The van der Waals surface area contributed by atoms with Gasteiger partial charge in [-0.15, -0.1) is 15.3 Å². The van der Waals surface area contributed by atoms with E-state index in [1.807, 2.05) is 55.5 Å². The second-order valence-corrected chi connectivity index (χ2v) is 9.00. The summed E-state index contributed by atoms with van der Waals surface area (Å²) in [4.78, 5) is 15.1. The van der Waals surface area contributed by atoms with Crippen molar-refractivity contribution in [1.82, 2.24) is 19.8 Å². The van der Waals surface area contributed by atoms with E-state index in [2.05, 4.69) is 33.4 Å². The van der Waals surface area contributed by atoms with E-state index in [4.69, 9.17) is 16.7 Å². The summed E-state index contributed by atoms with van der Waals surface area (Å²) in [6.07, 6.45) is 1.56. The lowest BCUT2D eigenvalue weighted by Gasteiger charge is -2.32. The number of carbonyl (C=O) groups is 1. The number of hydrogen-bond donors (Lipinski definition) is 1. The third-order valence-electron chi connectivity index (χ3n) is 6.18. The van der Waals surface area contributed by atoms with Gasteiger partial charge in [0.2, 0.25) is 5.91 Å². The summed E-state index contributed by atoms with van der Waals surface area (Å²) in [6.45, 7) is 5.61. The number of carbonyl (C=O) groups excluding carboxylic acids is 1. The highest BCUT2D eigenvalue weighted by molar-refractivity contribution is 6.30. The number of nitrogens with one attached hydrogen (secondary N) is 1. The largest absolute Gasteiger partial charge is 0.355 e. The van der Waals surface area contributed by atoms with Gasteiger partial charge in [0.05, 0.1) is 0 Å². The van der Waals surface area contributed by atoms with E-state index in [-0.39, 0.29) is 11.8 Å². The number of aryl methyl sites for hydroxylation is 2. The van der Waals surface area contributed by atoms with Crippen LogP contribution in [0.1, 0.15) is 24.0 Å². The molecule has 1 N–H and O–H groups in total. The van der Waals surface area contributed by atoms with Crippen LogP contribution in [-0.4, -0.2) is 38.8 Å². The van der Waals surface area contributed by atoms with Crippen molar-refractivity contribution in [3.8, 4) is 11.4 Å². The molecular formula is C25H25ClN6O. The number of halogens is 1. The molecule has 0 radical (unpaired) electrons. The Kier molecular flexibility index (Phi) is 5.72. The molecule has 1 fully saturated rings. The van der Waals surface area contributed by atoms with E-state index >= 15 is 0 Å². The molecule has 3 heterocycles. The SMILES string of the molecule is Cc1ccc(NC(=O)C2CCN(c3ccc4nnc(-c5ccc(Cl)cc5)n4n3)CC2)c(C)c1. The third kappa shape index (κ3) is 4.41. The van der Waals surface area contributed by atoms with Crippen molar-refractivity contribution in [1.29, 1.82) is 0 Å². The molecule has 4 aromatic rings. The molecule has 0 aliphatic carbocycles. The van der Waals surface area contributed by atoms with E-state index < -0.39 is 0 Å². The van der Waals surface area contributed by atoms with Crippen molar-refractivity contribution >= 4 is 34.7 Å². The normalized spacial score (nSPS) is 14.6. The van der Waals surface area contributed by atoms with Gasteiger partial charge in [0.25, 0.3) is 0 Å². The molecular weight excluding hydrogens is 436 g/mol. The number of hydrogen-bond acceptors (Lipinski definition) is 5. The molecule has 0 bridgehead atoms. The van der Waals surface area contributed by atoms with E-state index in [1.165, 1.54) is 5.56 Å². The average molecular weight is 461 g/mol. The number of amides is 1. The minimum absolute atomic E-state index is 0.00905. The first-order valence-electron chi connectivity index (χ1n) is 11.1. The van der Waals surface area contributed by atoms with Crippen LogP contribution in [0.15, 0.2) is 54.6 Å². The molecule has 7 nitrogen and oxygen atoms in total. The van der Waals surface area contributed by atoms with Gasteiger partial charge in [-0.1, -0.05) is 29.3 Å². The number of piperidine rings is 1. The molecule has 0 unspecified atom stereocenters. The number of nitrogens with zero attached hydrogens (tertiary/aromatic N) is 5. The molecule has 5 rings (SSSR count). The number of benzene rings is 2. The zero-order valence-corrected chi connectivity index (χ0v) is 19.4. The van der Waals surface area contributed by atoms with Gasteiger partial charge < -0.3 is 10.2 Å². The summed E-state index contributed by atoms with van der Waals surface area (Å²) in [5.74, 6) is 1.61. The second kappa shape index (κ2) is 8.83. The first-order valence-corrected chi connectivity index (χ1v) is 11.5. The van der Waals surface area contributed by atoms with Gasteiger partial charge in [0, 0.05) is 35.3 Å². The van der Waals surface area contributed by atoms with Gasteiger partial charge in [0.15, 0.2) is 11.5 Å². The van der Waals surface area contributed by atoms with Gasteiger partial charge in [0.1, 0.15) is 5.82 Å². The highest BCUT2D eigenvalue weighted by atomic mass is 35.5. The molecule has 2 aromatic carbocycles. The number of fused-ring (bicyclic) bond motifs is 1. The van der Waals surface area contributed by atoms with Crippen LogP contribution in [0.25, 0.3) is 17.0 Å². The van der Waals surface area contributed by atoms with Crippen LogP contribution in [0.2, 0.25) is 5.02 Å². The molecule has 8 heteroatoms. The maximum absolute atomic E-state index is 12.8. The highest BCUT2D eigenvalue weighted by Crippen LogP contribution is 2.26. The molecule has 33 heavy (non-hydrogen) atoms. The molecule has 2 aromatic heterocycles. The van der Waals surface area contributed by atoms with Crippen LogP contribution in [-0.2, 0) is 4.79 Å². The first kappa shape index (κ1) is 21.4. The van der Waals surface area contributed by atoms with E-state index in [1.54, 1.807) is 4.52 Å². The molecule has 1 saturated heterocycles. The molecule has 1 amide bonds. The zero-order chi connectivity index (χ0) is 22.9. The lowest BCUT2D eigenvalue weighted by molar-refractivity contribution is -0.120. The summed E-state index contributed by atoms with van der Waals surface area (Å²) < 4.78 is 1.76. The quantitative estimate of drug-likeness (QED) is 0.468. The summed E-state index contributed by atoms with van der Waals surface area (Å²) >= 11 is 6.02. The lowest BCUT2D eigenvalue weighted by Crippen LogP contribution is -2.38. The monoisotopic (exact) mass is 460 g/mol. The Balaban J connectivity index is 1.28. The third-order valence-corrected chi connectivity index (χ3v) is 6.43. The summed E-state index contributed by atoms with van der Waals surface area (Å²) in [6, 6.07) is 17.5. The highest BCUT2D eigenvalue weighted by Gasteiger charge is 2.26. The maximum Gasteiger partial charge on any atom is 0.227 e. The minimum Gasteiger partial charge on any atom is -0.355 e. The van der Waals surface area contributed by atoms with Crippen LogP contribution >= 0.6 is 11.6 Å². The van der Waals surface area contributed by atoms with Crippen LogP contribution in [0, 0.1) is 19.8 Å². The van der Waals surface area contributed by atoms with Crippen LogP contribution in [0.3, 0.4) is 0 Å². The summed E-state index contributed by atoms with van der Waals surface area (Å²) in [5.41, 5.74) is 4.76. The Morgan fingerprint density at radius 3 is 2.48 bits per heavy atom. The predicted molar refractivity (Wildman–Crippen MR) is 131 cm³/mol. The molecule has 1 aliphatic rings. The lowest BCUT2D eigenvalue weighted by atomic mass is 9.95. The van der Waals surface area contributed by atoms with Crippen molar-refractivity contribution < 1.29 is 4.79 Å². The fourth-order valence-corrected chi connectivity index (χ4v) is 4.41. The smallest absolute Gasteiger partial charge is 0.227 e. The van der Waals surface area contributed by atoms with Crippen LogP contribution in [0.4, 0.5) is 11.5 Å². The Labute approximate surface area is 197 Å². The van der Waals surface area contributed by atoms with E-state index in [0.29, 0.717) is 16.5 Å². The van der Waals surface area contributed by atoms with Crippen molar-refractivity contribution in [3.05, 3.63) is 70.7 Å². The van der Waals surface area contributed by atoms with Gasteiger partial charge in [-0.05, 0) is 74.7 Å². The van der Waals surface area contributed by atoms with Crippen molar-refractivity contribution in [2.24, 2.45) is 5.92 Å². The predicted octanol–water partition coefficient (Wildman–Crippen LogP) is 4.92. The van der Waals surface area contributed by atoms with Crippen molar-refractivity contribution in [2.45, 2.75) is 26.7 Å². The Bertz CT molecular complexity index is 1310. The fourth-order valence-electron chi connectivity index (χ4n) is 4.29. The summed E-state index contributed by atoms with van der Waals surface area (Å²) in [5, 5.41) is 17.1. The van der Waals surface area contributed by atoms with E-state index in [9.17, 15) is 4.79 Å². The van der Waals surface area contributed by atoms with Crippen molar-refractivity contribution in [2.75, 3.05) is 23.3 Å².